The molecule has 0 radical (unpaired) electrons. The molecule has 0 atom stereocenters. The molecule has 0 aromatic heterocycles. The Morgan fingerprint density at radius 1 is 1.18 bits per heavy atom. The van der Waals surface area contributed by atoms with E-state index in [0.717, 1.165) is 29.3 Å². The Morgan fingerprint density at radius 2 is 1.73 bits per heavy atom. The van der Waals surface area contributed by atoms with Gasteiger partial charge in [0.25, 0.3) is 0 Å². The van der Waals surface area contributed by atoms with Crippen molar-refractivity contribution in [2.75, 3.05) is 32.3 Å². The molecule has 1 rings (SSSR count). The Bertz CT molecular complexity index is 429. The summed E-state index contributed by atoms with van der Waals surface area (Å²) in [5.74, 6) is 2.09. The molecule has 0 amide bonds. The van der Waals surface area contributed by atoms with Crippen LogP contribution in [0.1, 0.15) is 15.9 Å². The van der Waals surface area contributed by atoms with E-state index < -0.39 is 0 Å². The van der Waals surface area contributed by atoms with Gasteiger partial charge in [0, 0.05) is 23.0 Å². The first kappa shape index (κ1) is 24.6. The molecule has 0 fully saturated rings. The Kier molecular flexibility index (Phi) is 16.5. The molecule has 0 heterocycles. The molecule has 1 aromatic carbocycles. The van der Waals surface area contributed by atoms with Crippen LogP contribution >= 0.6 is 60.3 Å². The first-order valence-corrected chi connectivity index (χ1v) is 13.5. The van der Waals surface area contributed by atoms with Gasteiger partial charge in [-0.2, -0.15) is 0 Å². The predicted molar refractivity (Wildman–Crippen MR) is 113 cm³/mol. The predicted octanol–water partition coefficient (Wildman–Crippen LogP) is 2.05. The maximum Gasteiger partial charge on any atom is 1.00 e. The second-order valence-electron chi connectivity index (χ2n) is 4.91. The van der Waals surface area contributed by atoms with Crippen molar-refractivity contribution >= 4 is 66.1 Å². The fourth-order valence-corrected chi connectivity index (χ4v) is 5.34. The summed E-state index contributed by atoms with van der Waals surface area (Å²) in [7, 11) is 7.41. The number of halogens is 2. The minimum absolute atomic E-state index is 0. The molecule has 0 aliphatic heterocycles. The van der Waals surface area contributed by atoms with E-state index in [2.05, 4.69) is 47.7 Å². The van der Waals surface area contributed by atoms with Crippen LogP contribution < -0.4 is 51.4 Å². The van der Waals surface area contributed by atoms with Crippen molar-refractivity contribution < 1.29 is 56.2 Å². The first-order valence-electron chi connectivity index (χ1n) is 6.46. The topological polar surface area (TPSA) is 34.4 Å². The van der Waals surface area contributed by atoms with Gasteiger partial charge >= 0.3 is 51.4 Å². The molecule has 3 nitrogen and oxygen atoms in total. The number of carbonyl (C=O) groups excluding carboxylic acids is 1. The van der Waals surface area contributed by atoms with E-state index in [4.69, 9.17) is 0 Å². The zero-order valence-electron chi connectivity index (χ0n) is 13.1. The molecule has 1 aromatic rings. The molecule has 8 heteroatoms. The second kappa shape index (κ2) is 14.7. The Morgan fingerprint density at radius 3 is 2.18 bits per heavy atom. The van der Waals surface area contributed by atoms with Crippen LogP contribution in [0.25, 0.3) is 5.32 Å². The smallest absolute Gasteiger partial charge is 0.646 e. The number of nitrogens with zero attached hydrogens (tertiary/aromatic N) is 2. The molecular weight excluding hydrogens is 569 g/mol. The largest absolute Gasteiger partial charge is 1.00 e. The van der Waals surface area contributed by atoms with Gasteiger partial charge in [-0.1, -0.05) is 54.4 Å². The van der Waals surface area contributed by atoms with Crippen molar-refractivity contribution in [1.82, 2.24) is 4.90 Å². The van der Waals surface area contributed by atoms with Gasteiger partial charge in [-0.3, -0.25) is 4.79 Å². The van der Waals surface area contributed by atoms with Crippen LogP contribution in [-0.4, -0.2) is 43.0 Å². The van der Waals surface area contributed by atoms with Crippen LogP contribution in [0.3, 0.4) is 0 Å². The average Bonchev–Trinajstić information content (AvgIpc) is 2.47. The third-order valence-electron chi connectivity index (χ3n) is 2.81. The van der Waals surface area contributed by atoms with Crippen molar-refractivity contribution in [3.05, 3.63) is 40.7 Å². The van der Waals surface area contributed by atoms with Crippen molar-refractivity contribution in [2.45, 2.75) is 6.54 Å². The number of benzene rings is 1. The van der Waals surface area contributed by atoms with Crippen LogP contribution in [0.15, 0.2) is 24.3 Å². The van der Waals surface area contributed by atoms with Gasteiger partial charge in [0.1, 0.15) is 0 Å². The van der Waals surface area contributed by atoms with Crippen LogP contribution in [0.4, 0.5) is 0 Å². The molecule has 0 aliphatic carbocycles. The number of hydrogen-bond donors (Lipinski definition) is 0. The second-order valence-corrected chi connectivity index (χ2v) is 9.75. The number of hydrogen-bond acceptors (Lipinski definition) is 4. The molecule has 0 aliphatic rings. The van der Waals surface area contributed by atoms with Gasteiger partial charge in [0.2, 0.25) is 0 Å². The third kappa shape index (κ3) is 9.93. The van der Waals surface area contributed by atoms with Gasteiger partial charge in [-0.25, -0.2) is 0 Å². The van der Waals surface area contributed by atoms with Crippen LogP contribution in [0, 0.1) is 5.92 Å². The molecule has 0 N–H and O–H groups in total. The van der Waals surface area contributed by atoms with Crippen LogP contribution in [-0.2, 0) is 6.54 Å². The van der Waals surface area contributed by atoms with Gasteiger partial charge in [-0.15, -0.1) is 6.54 Å². The molecule has 0 unspecified atom stereocenters. The van der Waals surface area contributed by atoms with Crippen molar-refractivity contribution in [3.8, 4) is 0 Å². The summed E-state index contributed by atoms with van der Waals surface area (Å²) in [6.07, 6.45) is 0. The summed E-state index contributed by atoms with van der Waals surface area (Å²) in [4.78, 5) is 14.5. The van der Waals surface area contributed by atoms with E-state index in [1.165, 1.54) is 0 Å². The van der Waals surface area contributed by atoms with Gasteiger partial charge < -0.3 is 10.2 Å². The number of carbonyl (C=O) groups is 1. The molecule has 0 saturated heterocycles. The van der Waals surface area contributed by atoms with Crippen molar-refractivity contribution in [3.63, 3.8) is 0 Å². The maximum atomic E-state index is 12.5. The monoisotopic (exact) mass is 588 g/mol. The third-order valence-corrected chi connectivity index (χ3v) is 6.03. The summed E-state index contributed by atoms with van der Waals surface area (Å²) in [5.41, 5.74) is 1.96. The zero-order valence-corrected chi connectivity index (χ0v) is 22.2. The van der Waals surface area contributed by atoms with Gasteiger partial charge in [-0.05, 0) is 56.5 Å². The summed E-state index contributed by atoms with van der Waals surface area (Å²) in [6, 6.07) is 7.90. The molecule has 22 heavy (non-hydrogen) atoms. The van der Waals surface area contributed by atoms with Gasteiger partial charge in [0.15, 0.2) is 5.78 Å². The zero-order chi connectivity index (χ0) is 15.7. The van der Waals surface area contributed by atoms with Crippen molar-refractivity contribution in [1.29, 1.82) is 0 Å². The van der Waals surface area contributed by atoms with Crippen LogP contribution in [0.5, 0.6) is 0 Å². The summed E-state index contributed by atoms with van der Waals surface area (Å²) >= 11 is 4.51. The normalized spacial score (nSPS) is 10.8. The van der Waals surface area contributed by atoms with E-state index in [9.17, 15) is 4.79 Å². The SMILES string of the molecule is CN(C)C[N-]Cc1ccc(C(=O)C(CSI)CSI)cc1.[K+]. The van der Waals surface area contributed by atoms with E-state index in [1.54, 1.807) is 17.9 Å². The number of ketones is 1. The average molecular weight is 588 g/mol. The van der Waals surface area contributed by atoms with E-state index in [-0.39, 0.29) is 63.1 Å². The summed E-state index contributed by atoms with van der Waals surface area (Å²) in [5, 5.41) is 4.44. The van der Waals surface area contributed by atoms with Crippen molar-refractivity contribution in [2.24, 2.45) is 5.92 Å². The molecule has 118 valence electrons. The summed E-state index contributed by atoms with van der Waals surface area (Å²) in [6.45, 7) is 1.42. The molecule has 0 bridgehead atoms. The maximum absolute atomic E-state index is 12.5. The van der Waals surface area contributed by atoms with Crippen LogP contribution in [0.2, 0.25) is 0 Å². The Hall–Kier alpha value is 2.61. The fourth-order valence-electron chi connectivity index (χ4n) is 1.74. The molecule has 0 saturated carbocycles. The quantitative estimate of drug-likeness (QED) is 0.238. The minimum atomic E-state index is 0. The number of rotatable bonds is 10. The standard InChI is InChI=1S/C14H19I2N2OS2.K/c1-18(2)10-17-7-11-3-5-12(6-4-11)14(19)13(8-20-15)9-21-16;/h3-6,13H,7-10H2,1-2H3;/q-1;+1. The fraction of sp³-hybridized carbons (Fsp3) is 0.500. The molecule has 0 spiro atoms. The number of Topliss-reactive ketones (excluding diaryl/α,β-unsaturated/α-hetero) is 1. The Balaban J connectivity index is 0.00000441. The van der Waals surface area contributed by atoms with Gasteiger partial charge in [0.05, 0.1) is 0 Å². The summed E-state index contributed by atoms with van der Waals surface area (Å²) < 4.78 is 0. The van der Waals surface area contributed by atoms with E-state index in [0.29, 0.717) is 6.54 Å². The minimum Gasteiger partial charge on any atom is -0.646 e. The van der Waals surface area contributed by atoms with E-state index in [1.807, 2.05) is 43.3 Å². The van der Waals surface area contributed by atoms with E-state index >= 15 is 0 Å². The first-order chi connectivity index (χ1) is 10.1. The molecular formula is C14H19I2KN2OS2. The Labute approximate surface area is 208 Å².